The summed E-state index contributed by atoms with van der Waals surface area (Å²) in [5.74, 6) is 0.511. The number of nitrogens with zero attached hydrogens (tertiary/aromatic N) is 6. The van der Waals surface area contributed by atoms with Gasteiger partial charge in [-0.3, -0.25) is 9.59 Å². The predicted molar refractivity (Wildman–Crippen MR) is 131 cm³/mol. The smallest absolute Gasteiger partial charge is 0.254 e. The lowest BCUT2D eigenvalue weighted by Crippen LogP contribution is -2.40. The third-order valence-corrected chi connectivity index (χ3v) is 6.41. The number of ether oxygens (including phenoxy) is 1. The van der Waals surface area contributed by atoms with Crippen LogP contribution < -0.4 is 11.1 Å². The Morgan fingerprint density at radius 2 is 1.89 bits per heavy atom. The molecule has 0 aliphatic carbocycles. The van der Waals surface area contributed by atoms with E-state index in [9.17, 15) is 9.59 Å². The van der Waals surface area contributed by atoms with Gasteiger partial charge in [0.1, 0.15) is 5.52 Å². The molecule has 2 fully saturated rings. The van der Waals surface area contributed by atoms with Crippen molar-refractivity contribution in [3.05, 3.63) is 48.8 Å². The van der Waals surface area contributed by atoms with Gasteiger partial charge in [0.15, 0.2) is 11.5 Å². The predicted octanol–water partition coefficient (Wildman–Crippen LogP) is 1.97. The summed E-state index contributed by atoms with van der Waals surface area (Å²) >= 11 is 0. The molecule has 4 heterocycles. The molecule has 3 N–H and O–H groups in total. The maximum Gasteiger partial charge on any atom is 0.254 e. The minimum Gasteiger partial charge on any atom is -0.382 e. The van der Waals surface area contributed by atoms with Crippen molar-refractivity contribution in [2.45, 2.75) is 18.9 Å². The molecule has 0 unspecified atom stereocenters. The lowest BCUT2D eigenvalue weighted by molar-refractivity contribution is -0.127. The highest BCUT2D eigenvalue weighted by atomic mass is 16.5. The Balaban J connectivity index is 1.35. The van der Waals surface area contributed by atoms with Gasteiger partial charge in [-0.15, -0.1) is 0 Å². The molecule has 0 saturated carbocycles. The first-order valence-corrected chi connectivity index (χ1v) is 11.7. The van der Waals surface area contributed by atoms with Gasteiger partial charge in [-0.05, 0) is 43.2 Å². The van der Waals surface area contributed by atoms with Crippen LogP contribution in [-0.2, 0) is 9.53 Å². The standard InChI is InChI=1S/C24H28N8O3/c1-2-19(33)31-9-3-4-18(14-31)32-15-26-20-21(25)28-24(29-22(20)32)27-17-7-5-16(6-8-17)23(34)30-10-12-35-13-11-30/h2,5-8,15,18H,1,3-4,9-14H2,(H3,25,27,28,29)/t18-/m0/s1. The summed E-state index contributed by atoms with van der Waals surface area (Å²) in [6.07, 6.45) is 4.83. The summed E-state index contributed by atoms with van der Waals surface area (Å²) in [5, 5.41) is 3.17. The number of carbonyl (C=O) groups excluding carboxylic acids is 2. The van der Waals surface area contributed by atoms with Gasteiger partial charge >= 0.3 is 0 Å². The molecule has 182 valence electrons. The first-order valence-electron chi connectivity index (χ1n) is 11.7. The normalized spacial score (nSPS) is 18.5. The van der Waals surface area contributed by atoms with E-state index in [4.69, 9.17) is 10.5 Å². The highest BCUT2D eigenvalue weighted by Crippen LogP contribution is 2.28. The van der Waals surface area contributed by atoms with Crippen LogP contribution in [0, 0.1) is 0 Å². The molecule has 5 rings (SSSR count). The van der Waals surface area contributed by atoms with Crippen LogP contribution in [-0.4, -0.2) is 80.5 Å². The fourth-order valence-corrected chi connectivity index (χ4v) is 4.55. The van der Waals surface area contributed by atoms with Crippen molar-refractivity contribution in [1.82, 2.24) is 29.3 Å². The average molecular weight is 477 g/mol. The van der Waals surface area contributed by atoms with E-state index in [1.54, 1.807) is 28.3 Å². The second-order valence-electron chi connectivity index (χ2n) is 8.65. The number of imidazole rings is 1. The van der Waals surface area contributed by atoms with Gasteiger partial charge in [-0.2, -0.15) is 9.97 Å². The Morgan fingerprint density at radius 1 is 1.11 bits per heavy atom. The summed E-state index contributed by atoms with van der Waals surface area (Å²) in [7, 11) is 0. The van der Waals surface area contributed by atoms with Crippen LogP contribution in [0.5, 0.6) is 0 Å². The average Bonchev–Trinajstić information content (AvgIpc) is 3.33. The van der Waals surface area contributed by atoms with Crippen LogP contribution in [0.3, 0.4) is 0 Å². The Bertz CT molecular complexity index is 1250. The van der Waals surface area contributed by atoms with E-state index in [0.29, 0.717) is 62.1 Å². The number of likely N-dealkylation sites (tertiary alicyclic amines) is 1. The van der Waals surface area contributed by atoms with E-state index in [2.05, 4.69) is 26.8 Å². The molecule has 0 spiro atoms. The Kier molecular flexibility index (Phi) is 6.32. The zero-order valence-electron chi connectivity index (χ0n) is 19.4. The van der Waals surface area contributed by atoms with Crippen molar-refractivity contribution in [3.8, 4) is 0 Å². The maximum atomic E-state index is 12.7. The second-order valence-corrected chi connectivity index (χ2v) is 8.65. The molecule has 11 heteroatoms. The minimum absolute atomic E-state index is 0.0119. The number of hydrogen-bond acceptors (Lipinski definition) is 8. The number of carbonyl (C=O) groups is 2. The summed E-state index contributed by atoms with van der Waals surface area (Å²) < 4.78 is 7.28. The van der Waals surface area contributed by atoms with E-state index in [0.717, 1.165) is 18.5 Å². The number of aromatic nitrogens is 4. The minimum atomic E-state index is -0.0776. The molecule has 2 amide bonds. The van der Waals surface area contributed by atoms with Crippen molar-refractivity contribution in [2.75, 3.05) is 50.4 Å². The van der Waals surface area contributed by atoms with Gasteiger partial charge in [0, 0.05) is 37.4 Å². The first kappa shape index (κ1) is 22.8. The van der Waals surface area contributed by atoms with Crippen molar-refractivity contribution in [2.24, 2.45) is 0 Å². The second kappa shape index (κ2) is 9.71. The van der Waals surface area contributed by atoms with Gasteiger partial charge in [0.05, 0.1) is 25.6 Å². The van der Waals surface area contributed by atoms with Gasteiger partial charge in [0.2, 0.25) is 11.9 Å². The lowest BCUT2D eigenvalue weighted by atomic mass is 10.1. The van der Waals surface area contributed by atoms with Crippen LogP contribution in [0.1, 0.15) is 29.2 Å². The number of anilines is 3. The molecule has 2 aliphatic rings. The van der Waals surface area contributed by atoms with Gasteiger partial charge < -0.3 is 30.2 Å². The number of amides is 2. The summed E-state index contributed by atoms with van der Waals surface area (Å²) in [6, 6.07) is 7.22. The molecule has 1 aromatic carbocycles. The first-order chi connectivity index (χ1) is 17.0. The Labute approximate surface area is 202 Å². The van der Waals surface area contributed by atoms with Gasteiger partial charge in [-0.25, -0.2) is 4.98 Å². The molecule has 0 bridgehead atoms. The molecule has 3 aromatic rings. The van der Waals surface area contributed by atoms with Gasteiger partial charge in [0.25, 0.3) is 5.91 Å². The third kappa shape index (κ3) is 4.67. The number of morpholine rings is 1. The molecule has 11 nitrogen and oxygen atoms in total. The fraction of sp³-hybridized carbons (Fsp3) is 0.375. The summed E-state index contributed by atoms with van der Waals surface area (Å²) in [4.78, 5) is 41.8. The highest BCUT2D eigenvalue weighted by Gasteiger charge is 2.26. The van der Waals surface area contributed by atoms with E-state index in [1.807, 2.05) is 16.7 Å². The number of nitrogens with one attached hydrogen (secondary N) is 1. The van der Waals surface area contributed by atoms with Crippen molar-refractivity contribution < 1.29 is 14.3 Å². The molecular formula is C24H28N8O3. The van der Waals surface area contributed by atoms with Crippen LogP contribution in [0.4, 0.5) is 17.5 Å². The highest BCUT2D eigenvalue weighted by molar-refractivity contribution is 5.94. The largest absolute Gasteiger partial charge is 0.382 e. The van der Waals surface area contributed by atoms with E-state index in [-0.39, 0.29) is 23.7 Å². The monoisotopic (exact) mass is 476 g/mol. The zero-order chi connectivity index (χ0) is 24.4. The summed E-state index contributed by atoms with van der Waals surface area (Å²) in [6.45, 7) is 7.18. The molecular weight excluding hydrogens is 448 g/mol. The molecule has 35 heavy (non-hydrogen) atoms. The molecule has 2 saturated heterocycles. The number of nitrogens with two attached hydrogens (primary N) is 1. The molecule has 1 atom stereocenters. The number of fused-ring (bicyclic) bond motifs is 1. The quantitative estimate of drug-likeness (QED) is 0.535. The fourth-order valence-electron chi connectivity index (χ4n) is 4.55. The Hall–Kier alpha value is -3.99. The molecule has 0 radical (unpaired) electrons. The topological polar surface area (TPSA) is 132 Å². The van der Waals surface area contributed by atoms with Crippen molar-refractivity contribution >= 4 is 40.4 Å². The SMILES string of the molecule is C=CC(=O)N1CCC[C@H](n2cnc3c(N)nc(Nc4ccc(C(=O)N5CCOCC5)cc4)nc32)C1. The van der Waals surface area contributed by atoms with Crippen LogP contribution in [0.25, 0.3) is 11.2 Å². The van der Waals surface area contributed by atoms with Crippen LogP contribution >= 0.6 is 0 Å². The van der Waals surface area contributed by atoms with E-state index >= 15 is 0 Å². The molecule has 2 aliphatic heterocycles. The van der Waals surface area contributed by atoms with Gasteiger partial charge in [-0.1, -0.05) is 6.58 Å². The van der Waals surface area contributed by atoms with Crippen LogP contribution in [0.2, 0.25) is 0 Å². The third-order valence-electron chi connectivity index (χ3n) is 6.41. The summed E-state index contributed by atoms with van der Waals surface area (Å²) in [5.41, 5.74) is 8.67. The number of benzene rings is 1. The number of rotatable bonds is 5. The van der Waals surface area contributed by atoms with E-state index < -0.39 is 0 Å². The maximum absolute atomic E-state index is 12.7. The van der Waals surface area contributed by atoms with Crippen molar-refractivity contribution in [3.63, 3.8) is 0 Å². The number of piperidine rings is 1. The lowest BCUT2D eigenvalue weighted by Gasteiger charge is -2.32. The van der Waals surface area contributed by atoms with Crippen molar-refractivity contribution in [1.29, 1.82) is 0 Å². The van der Waals surface area contributed by atoms with Crippen LogP contribution in [0.15, 0.2) is 43.2 Å². The van der Waals surface area contributed by atoms with E-state index in [1.165, 1.54) is 6.08 Å². The zero-order valence-corrected chi connectivity index (χ0v) is 19.4. The molecule has 2 aromatic heterocycles. The Morgan fingerprint density at radius 3 is 2.63 bits per heavy atom. The number of hydrogen-bond donors (Lipinski definition) is 2. The number of nitrogen functional groups attached to an aromatic ring is 1.